The van der Waals surface area contributed by atoms with E-state index in [1.54, 1.807) is 29.2 Å². The molecule has 0 heterocycles. The van der Waals surface area contributed by atoms with E-state index in [4.69, 9.17) is 5.53 Å². The molecule has 0 saturated carbocycles. The maximum absolute atomic E-state index is 10.3. The predicted molar refractivity (Wildman–Crippen MR) is 92.9 cm³/mol. The van der Waals surface area contributed by atoms with Gasteiger partial charge >= 0.3 is 0 Å². The van der Waals surface area contributed by atoms with E-state index in [1.165, 1.54) is 12.1 Å². The lowest BCUT2D eigenvalue weighted by atomic mass is 10.2. The zero-order valence-corrected chi connectivity index (χ0v) is 13.2. The Morgan fingerprint density at radius 3 is 2.46 bits per heavy atom. The van der Waals surface area contributed by atoms with Crippen molar-refractivity contribution in [3.63, 3.8) is 0 Å². The fourth-order valence-electron chi connectivity index (χ4n) is 2.30. The number of nitrogens with one attached hydrogen (secondary N) is 2. The zero-order chi connectivity index (χ0) is 17.5. The van der Waals surface area contributed by atoms with Gasteiger partial charge in [0, 0.05) is 30.9 Å². The summed E-state index contributed by atoms with van der Waals surface area (Å²) in [5.74, 6) is -0.0459. The van der Waals surface area contributed by atoms with Gasteiger partial charge in [0.05, 0.1) is 23.6 Å². The summed E-state index contributed by atoms with van der Waals surface area (Å²) in [6.45, 7) is 2.90. The molecule has 0 spiro atoms. The molecular weight excluding hydrogens is 310 g/mol. The molecule has 0 bridgehead atoms. The lowest BCUT2D eigenvalue weighted by Crippen LogP contribution is -2.25. The van der Waals surface area contributed by atoms with E-state index in [0.717, 1.165) is 0 Å². The van der Waals surface area contributed by atoms with Crippen LogP contribution in [0, 0.1) is 10.4 Å². The van der Waals surface area contributed by atoms with Crippen molar-refractivity contribution in [1.29, 1.82) is 5.53 Å². The number of benzene rings is 2. The smallest absolute Gasteiger partial charge is 0.141 e. The van der Waals surface area contributed by atoms with Gasteiger partial charge in [-0.15, -0.1) is 0 Å². The molecule has 0 amide bonds. The first-order chi connectivity index (χ1) is 11.6. The Morgan fingerprint density at radius 2 is 1.88 bits per heavy atom. The van der Waals surface area contributed by atoms with Crippen molar-refractivity contribution >= 4 is 22.7 Å². The van der Waals surface area contributed by atoms with E-state index in [1.807, 2.05) is 6.92 Å². The van der Waals surface area contributed by atoms with E-state index in [-0.39, 0.29) is 18.0 Å². The lowest BCUT2D eigenvalue weighted by Gasteiger charge is -2.23. The largest absolute Gasteiger partial charge is 0.506 e. The number of nitroso groups, excluding NO2 is 1. The topological polar surface area (TPSA) is 121 Å². The average Bonchev–Trinajstić information content (AvgIpc) is 2.60. The molecule has 2 aromatic rings. The van der Waals surface area contributed by atoms with Gasteiger partial charge in [-0.1, -0.05) is 5.18 Å². The molecule has 0 aromatic heterocycles. The SMILES string of the molecule is CCN(CCN=O)c1cc(O)c(Nc2ccc(N=N)cc2)cc1O. The molecule has 0 saturated heterocycles. The van der Waals surface area contributed by atoms with Crippen LogP contribution in [0.5, 0.6) is 11.5 Å². The number of phenolic OH excluding ortho intramolecular Hbond substituents is 2. The van der Waals surface area contributed by atoms with Crippen molar-refractivity contribution < 1.29 is 10.2 Å². The molecule has 4 N–H and O–H groups in total. The van der Waals surface area contributed by atoms with Gasteiger partial charge in [-0.3, -0.25) is 0 Å². The maximum atomic E-state index is 10.3. The molecule has 0 aliphatic carbocycles. The number of rotatable bonds is 8. The first kappa shape index (κ1) is 17.2. The maximum Gasteiger partial charge on any atom is 0.141 e. The van der Waals surface area contributed by atoms with Crippen LogP contribution in [0.1, 0.15) is 6.92 Å². The summed E-state index contributed by atoms with van der Waals surface area (Å²) in [7, 11) is 0. The molecular formula is C16H19N5O3. The molecule has 0 radical (unpaired) electrons. The molecule has 24 heavy (non-hydrogen) atoms. The molecule has 0 unspecified atom stereocenters. The van der Waals surface area contributed by atoms with Crippen LogP contribution in [-0.4, -0.2) is 29.8 Å². The Balaban J connectivity index is 2.24. The molecule has 8 nitrogen and oxygen atoms in total. The number of aromatic hydroxyl groups is 2. The fourth-order valence-corrected chi connectivity index (χ4v) is 2.30. The molecule has 0 aliphatic heterocycles. The van der Waals surface area contributed by atoms with Gasteiger partial charge in [0.2, 0.25) is 0 Å². The Morgan fingerprint density at radius 1 is 1.17 bits per heavy atom. The third-order valence-corrected chi connectivity index (χ3v) is 3.55. The number of phenols is 2. The van der Waals surface area contributed by atoms with Crippen molar-refractivity contribution in [2.75, 3.05) is 29.9 Å². The summed E-state index contributed by atoms with van der Waals surface area (Å²) in [6, 6.07) is 9.61. The molecule has 0 aliphatic rings. The van der Waals surface area contributed by atoms with Crippen LogP contribution in [0.4, 0.5) is 22.7 Å². The number of anilines is 3. The van der Waals surface area contributed by atoms with Crippen molar-refractivity contribution in [2.24, 2.45) is 10.3 Å². The number of likely N-dealkylation sites (N-methyl/N-ethyl adjacent to an activating group) is 1. The standard InChI is InChI=1S/C16H19N5O3/c1-2-21(8-7-18-24)14-10-15(22)13(9-16(14)23)19-11-3-5-12(20-17)6-4-11/h3-6,9-10,17,19,22-23H,2,7-8H2,1H3. The molecule has 2 rings (SSSR count). The Hall–Kier alpha value is -3.16. The van der Waals surface area contributed by atoms with Crippen LogP contribution in [0.15, 0.2) is 46.7 Å². The third-order valence-electron chi connectivity index (χ3n) is 3.55. The second-order valence-corrected chi connectivity index (χ2v) is 5.07. The van der Waals surface area contributed by atoms with Crippen LogP contribution < -0.4 is 10.2 Å². The van der Waals surface area contributed by atoms with Crippen molar-refractivity contribution in [2.45, 2.75) is 6.92 Å². The highest BCUT2D eigenvalue weighted by molar-refractivity contribution is 5.75. The second-order valence-electron chi connectivity index (χ2n) is 5.07. The summed E-state index contributed by atoms with van der Waals surface area (Å²) in [5, 5.41) is 29.6. The molecule has 0 atom stereocenters. The van der Waals surface area contributed by atoms with E-state index in [2.05, 4.69) is 15.6 Å². The van der Waals surface area contributed by atoms with E-state index in [0.29, 0.717) is 35.8 Å². The van der Waals surface area contributed by atoms with E-state index >= 15 is 0 Å². The van der Waals surface area contributed by atoms with Gasteiger partial charge in [-0.25, -0.2) is 5.53 Å². The lowest BCUT2D eigenvalue weighted by molar-refractivity contribution is 0.461. The highest BCUT2D eigenvalue weighted by Crippen LogP contribution is 2.38. The Labute approximate surface area is 139 Å². The Bertz CT molecular complexity index is 718. The van der Waals surface area contributed by atoms with E-state index < -0.39 is 0 Å². The minimum absolute atomic E-state index is 0.0131. The molecule has 0 fully saturated rings. The average molecular weight is 329 g/mol. The zero-order valence-electron chi connectivity index (χ0n) is 13.2. The first-order valence-electron chi connectivity index (χ1n) is 7.43. The molecule has 2 aromatic carbocycles. The first-order valence-corrected chi connectivity index (χ1v) is 7.43. The second kappa shape index (κ2) is 7.91. The highest BCUT2D eigenvalue weighted by Gasteiger charge is 2.14. The predicted octanol–water partition coefficient (Wildman–Crippen LogP) is 4.10. The minimum Gasteiger partial charge on any atom is -0.506 e. The normalized spacial score (nSPS) is 10.2. The summed E-state index contributed by atoms with van der Waals surface area (Å²) in [6.07, 6.45) is 0. The quantitative estimate of drug-likeness (QED) is 0.251. The van der Waals surface area contributed by atoms with Crippen LogP contribution in [0.2, 0.25) is 0 Å². The fraction of sp³-hybridized carbons (Fsp3) is 0.250. The summed E-state index contributed by atoms with van der Waals surface area (Å²) >= 11 is 0. The number of nitrogens with zero attached hydrogens (tertiary/aromatic N) is 3. The van der Waals surface area contributed by atoms with Gasteiger partial charge < -0.3 is 20.4 Å². The monoisotopic (exact) mass is 329 g/mol. The third kappa shape index (κ3) is 3.97. The van der Waals surface area contributed by atoms with Gasteiger partial charge in [0.15, 0.2) is 0 Å². The van der Waals surface area contributed by atoms with Crippen LogP contribution >= 0.6 is 0 Å². The number of hydrogen-bond donors (Lipinski definition) is 4. The van der Waals surface area contributed by atoms with Gasteiger partial charge in [0.25, 0.3) is 0 Å². The Kier molecular flexibility index (Phi) is 5.67. The summed E-state index contributed by atoms with van der Waals surface area (Å²) in [4.78, 5) is 12.0. The summed E-state index contributed by atoms with van der Waals surface area (Å²) in [5.41, 5.74) is 8.91. The summed E-state index contributed by atoms with van der Waals surface area (Å²) < 4.78 is 0. The van der Waals surface area contributed by atoms with Gasteiger partial charge in [-0.2, -0.15) is 10.0 Å². The van der Waals surface area contributed by atoms with Gasteiger partial charge in [-0.05, 0) is 31.2 Å². The highest BCUT2D eigenvalue weighted by atomic mass is 16.3. The van der Waals surface area contributed by atoms with Crippen LogP contribution in [0.3, 0.4) is 0 Å². The van der Waals surface area contributed by atoms with Crippen molar-refractivity contribution in [3.05, 3.63) is 41.3 Å². The van der Waals surface area contributed by atoms with Crippen molar-refractivity contribution in [3.8, 4) is 11.5 Å². The van der Waals surface area contributed by atoms with E-state index in [9.17, 15) is 15.1 Å². The number of hydrogen-bond acceptors (Lipinski definition) is 8. The minimum atomic E-state index is -0.0328. The van der Waals surface area contributed by atoms with Crippen LogP contribution in [-0.2, 0) is 0 Å². The molecule has 126 valence electrons. The van der Waals surface area contributed by atoms with Crippen molar-refractivity contribution in [1.82, 2.24) is 0 Å². The molecule has 8 heteroatoms. The van der Waals surface area contributed by atoms with Gasteiger partial charge in [0.1, 0.15) is 11.5 Å². The van der Waals surface area contributed by atoms with Crippen LogP contribution in [0.25, 0.3) is 0 Å².